The van der Waals surface area contributed by atoms with Gasteiger partial charge in [0.2, 0.25) is 11.8 Å². The molecular weight excluding hydrogens is 506 g/mol. The SMILES string of the molecule is CCOC(=O)C[C@H]1CC[C@@H](OCOC)[C@H]1CNC(=O)[C@@H](NC(=O)[C@H](NC(=O)c1cnccn1)C(C)C)C(C)C. The Balaban J connectivity index is 2.06. The third kappa shape index (κ3) is 9.85. The Hall–Kier alpha value is -3.12. The lowest BCUT2D eigenvalue weighted by Crippen LogP contribution is -2.57. The van der Waals surface area contributed by atoms with Crippen LogP contribution in [0, 0.1) is 23.7 Å². The molecule has 1 heterocycles. The molecule has 1 fully saturated rings. The summed E-state index contributed by atoms with van der Waals surface area (Å²) in [5.74, 6) is -2.24. The number of nitrogens with one attached hydrogen (secondary N) is 3. The van der Waals surface area contributed by atoms with Crippen LogP contribution in [0.1, 0.15) is 64.4 Å². The number of esters is 1. The van der Waals surface area contributed by atoms with Gasteiger partial charge in [-0.2, -0.15) is 0 Å². The minimum absolute atomic E-state index is 0.0140. The Morgan fingerprint density at radius 1 is 1.00 bits per heavy atom. The van der Waals surface area contributed by atoms with Gasteiger partial charge in [0.1, 0.15) is 24.6 Å². The number of hydrogen-bond donors (Lipinski definition) is 3. The Morgan fingerprint density at radius 3 is 2.28 bits per heavy atom. The highest BCUT2D eigenvalue weighted by Gasteiger charge is 2.39. The van der Waals surface area contributed by atoms with Gasteiger partial charge < -0.3 is 30.2 Å². The molecular formula is C27H43N5O7. The Kier molecular flexibility index (Phi) is 13.2. The number of nitrogens with zero attached hydrogens (tertiary/aromatic N) is 2. The number of ether oxygens (including phenoxy) is 3. The average molecular weight is 550 g/mol. The number of carbonyl (C=O) groups is 4. The average Bonchev–Trinajstić information content (AvgIpc) is 3.28. The van der Waals surface area contributed by atoms with Gasteiger partial charge in [0.25, 0.3) is 5.91 Å². The van der Waals surface area contributed by atoms with Crippen molar-refractivity contribution in [3.05, 3.63) is 24.3 Å². The molecule has 0 aliphatic heterocycles. The summed E-state index contributed by atoms with van der Waals surface area (Å²) in [4.78, 5) is 59.1. The fourth-order valence-electron chi connectivity index (χ4n) is 4.73. The first-order valence-corrected chi connectivity index (χ1v) is 13.5. The minimum Gasteiger partial charge on any atom is -0.466 e. The van der Waals surface area contributed by atoms with Crippen molar-refractivity contribution in [2.45, 2.75) is 72.1 Å². The van der Waals surface area contributed by atoms with Crippen molar-refractivity contribution in [3.8, 4) is 0 Å². The first-order chi connectivity index (χ1) is 18.6. The third-order valence-corrected chi connectivity index (χ3v) is 6.83. The Morgan fingerprint density at radius 2 is 1.69 bits per heavy atom. The van der Waals surface area contributed by atoms with Gasteiger partial charge in [0.05, 0.1) is 18.9 Å². The maximum atomic E-state index is 13.3. The molecule has 0 radical (unpaired) electrons. The van der Waals surface area contributed by atoms with E-state index in [9.17, 15) is 19.2 Å². The van der Waals surface area contributed by atoms with Crippen LogP contribution in [0.4, 0.5) is 0 Å². The van der Waals surface area contributed by atoms with Gasteiger partial charge in [-0.1, -0.05) is 27.7 Å². The number of amides is 3. The monoisotopic (exact) mass is 549 g/mol. The van der Waals surface area contributed by atoms with Crippen LogP contribution in [0.25, 0.3) is 0 Å². The summed E-state index contributed by atoms with van der Waals surface area (Å²) in [6.07, 6.45) is 5.72. The van der Waals surface area contributed by atoms with E-state index >= 15 is 0 Å². The van der Waals surface area contributed by atoms with E-state index in [1.165, 1.54) is 25.7 Å². The van der Waals surface area contributed by atoms with E-state index in [1.807, 2.05) is 13.8 Å². The Bertz CT molecular complexity index is 944. The summed E-state index contributed by atoms with van der Waals surface area (Å²) < 4.78 is 16.0. The normalized spacial score (nSPS) is 20.4. The van der Waals surface area contributed by atoms with E-state index in [2.05, 4.69) is 25.9 Å². The summed E-state index contributed by atoms with van der Waals surface area (Å²) in [5, 5.41) is 8.46. The zero-order valence-electron chi connectivity index (χ0n) is 23.8. The van der Waals surface area contributed by atoms with E-state index in [0.717, 1.165) is 12.8 Å². The second kappa shape index (κ2) is 16.1. The molecule has 0 aromatic carbocycles. The molecule has 2 rings (SSSR count). The van der Waals surface area contributed by atoms with Crippen LogP contribution in [0.2, 0.25) is 0 Å². The molecule has 1 aromatic rings. The van der Waals surface area contributed by atoms with Crippen molar-refractivity contribution in [1.29, 1.82) is 0 Å². The zero-order chi connectivity index (χ0) is 28.9. The lowest BCUT2D eigenvalue weighted by Gasteiger charge is -2.29. The van der Waals surface area contributed by atoms with Gasteiger partial charge in [0, 0.05) is 38.4 Å². The van der Waals surface area contributed by atoms with Gasteiger partial charge >= 0.3 is 5.97 Å². The summed E-state index contributed by atoms with van der Waals surface area (Å²) in [6, 6.07) is -1.72. The van der Waals surface area contributed by atoms with Gasteiger partial charge in [0.15, 0.2) is 0 Å². The Labute approximate surface area is 230 Å². The zero-order valence-corrected chi connectivity index (χ0v) is 23.8. The number of carbonyl (C=O) groups excluding carboxylic acids is 4. The molecule has 218 valence electrons. The largest absolute Gasteiger partial charge is 0.466 e. The molecule has 12 heteroatoms. The van der Waals surface area contributed by atoms with E-state index in [0.29, 0.717) is 6.61 Å². The molecule has 5 atom stereocenters. The quantitative estimate of drug-likeness (QED) is 0.217. The van der Waals surface area contributed by atoms with Gasteiger partial charge in [-0.05, 0) is 37.5 Å². The summed E-state index contributed by atoms with van der Waals surface area (Å²) in [5.41, 5.74) is 0.0910. The molecule has 0 unspecified atom stereocenters. The number of methoxy groups -OCH3 is 1. The molecule has 3 N–H and O–H groups in total. The number of rotatable bonds is 15. The standard InChI is InChI=1S/C27H43N5O7/c1-7-38-22(33)12-18-8-9-21(39-15-37-6)19(18)13-30-26(35)23(16(2)3)32-27(36)24(17(4)5)31-25(34)20-14-28-10-11-29-20/h10-11,14,16-19,21,23-24H,7-9,12-13,15H2,1-6H3,(H,30,35)(H,31,34)(H,32,36)/t18-,19+,21-,23+,24-/m1/s1. The highest BCUT2D eigenvalue weighted by atomic mass is 16.7. The van der Waals surface area contributed by atoms with Crippen molar-refractivity contribution < 1.29 is 33.4 Å². The first kappa shape index (κ1) is 32.1. The number of aromatic nitrogens is 2. The maximum Gasteiger partial charge on any atom is 0.306 e. The molecule has 0 bridgehead atoms. The van der Waals surface area contributed by atoms with E-state index in [1.54, 1.807) is 20.8 Å². The molecule has 3 amide bonds. The van der Waals surface area contributed by atoms with Crippen LogP contribution in [-0.2, 0) is 28.6 Å². The fraction of sp³-hybridized carbons (Fsp3) is 0.704. The molecule has 1 aliphatic rings. The molecule has 12 nitrogen and oxygen atoms in total. The van der Waals surface area contributed by atoms with Gasteiger partial charge in [-0.15, -0.1) is 0 Å². The third-order valence-electron chi connectivity index (χ3n) is 6.83. The van der Waals surface area contributed by atoms with Crippen molar-refractivity contribution >= 4 is 23.7 Å². The van der Waals surface area contributed by atoms with E-state index in [-0.39, 0.29) is 67.1 Å². The van der Waals surface area contributed by atoms with Gasteiger partial charge in [-0.25, -0.2) is 4.98 Å². The van der Waals surface area contributed by atoms with Crippen LogP contribution in [0.5, 0.6) is 0 Å². The van der Waals surface area contributed by atoms with Crippen LogP contribution in [0.15, 0.2) is 18.6 Å². The lowest BCUT2D eigenvalue weighted by atomic mass is 9.91. The van der Waals surface area contributed by atoms with Crippen molar-refractivity contribution in [2.24, 2.45) is 23.7 Å². The second-order valence-corrected chi connectivity index (χ2v) is 10.4. The van der Waals surface area contributed by atoms with Crippen LogP contribution < -0.4 is 16.0 Å². The lowest BCUT2D eigenvalue weighted by molar-refractivity contribution is -0.145. The molecule has 1 aromatic heterocycles. The van der Waals surface area contributed by atoms with Crippen LogP contribution in [0.3, 0.4) is 0 Å². The predicted octanol–water partition coefficient (Wildman–Crippen LogP) is 1.46. The number of hydrogen-bond acceptors (Lipinski definition) is 9. The van der Waals surface area contributed by atoms with Crippen molar-refractivity contribution in [2.75, 3.05) is 27.1 Å². The molecule has 1 saturated carbocycles. The molecule has 1 aliphatic carbocycles. The summed E-state index contributed by atoms with van der Waals surface area (Å²) >= 11 is 0. The molecule has 0 spiro atoms. The van der Waals surface area contributed by atoms with Crippen molar-refractivity contribution in [3.63, 3.8) is 0 Å². The maximum absolute atomic E-state index is 13.3. The summed E-state index contributed by atoms with van der Waals surface area (Å²) in [6.45, 7) is 9.72. The summed E-state index contributed by atoms with van der Waals surface area (Å²) in [7, 11) is 1.54. The van der Waals surface area contributed by atoms with Crippen LogP contribution in [-0.4, -0.2) is 78.9 Å². The highest BCUT2D eigenvalue weighted by Crippen LogP contribution is 2.36. The van der Waals surface area contributed by atoms with Crippen LogP contribution >= 0.6 is 0 Å². The fourth-order valence-corrected chi connectivity index (χ4v) is 4.73. The van der Waals surface area contributed by atoms with Gasteiger partial charge in [-0.3, -0.25) is 24.2 Å². The topological polar surface area (TPSA) is 158 Å². The second-order valence-electron chi connectivity index (χ2n) is 10.4. The van der Waals surface area contributed by atoms with E-state index in [4.69, 9.17) is 14.2 Å². The smallest absolute Gasteiger partial charge is 0.306 e. The van der Waals surface area contributed by atoms with E-state index < -0.39 is 23.9 Å². The molecule has 39 heavy (non-hydrogen) atoms. The first-order valence-electron chi connectivity index (χ1n) is 13.5. The molecule has 0 saturated heterocycles. The highest BCUT2D eigenvalue weighted by molar-refractivity contribution is 5.97. The minimum atomic E-state index is -0.885. The van der Waals surface area contributed by atoms with Crippen molar-refractivity contribution in [1.82, 2.24) is 25.9 Å². The predicted molar refractivity (Wildman–Crippen MR) is 142 cm³/mol.